The fourth-order valence-electron chi connectivity index (χ4n) is 0.505. The number of esters is 1. The van der Waals surface area contributed by atoms with Gasteiger partial charge in [0.15, 0.2) is 0 Å². The summed E-state index contributed by atoms with van der Waals surface area (Å²) in [5.41, 5.74) is 0. The van der Waals surface area contributed by atoms with Crippen molar-refractivity contribution in [1.29, 1.82) is 0 Å². The largest absolute Gasteiger partial charge is 0.465 e. The normalized spacial score (nSPS) is 10.3. The topological polar surface area (TPSA) is 58.9 Å². The molecule has 0 bridgehead atoms. The van der Waals surface area contributed by atoms with E-state index in [1.54, 1.807) is 0 Å². The number of carbonyl (C=O) groups is 1. The van der Waals surface area contributed by atoms with Gasteiger partial charge in [-0.15, -0.1) is 5.16 Å². The van der Waals surface area contributed by atoms with E-state index in [0.29, 0.717) is 6.61 Å². The Labute approximate surface area is 65.8 Å². The molecule has 0 aromatic rings. The summed E-state index contributed by atoms with van der Waals surface area (Å²) in [6.07, 6.45) is 3.03. The second-order valence-electron chi connectivity index (χ2n) is 2.08. The van der Waals surface area contributed by atoms with Gasteiger partial charge in [-0.25, -0.2) is 0 Å². The molecule has 4 heteroatoms. The van der Waals surface area contributed by atoms with Crippen LogP contribution < -0.4 is 0 Å². The highest BCUT2D eigenvalue weighted by Crippen LogP contribution is 1.90. The maximum absolute atomic E-state index is 10.7. The number of unbranched alkanes of at least 4 members (excludes halogenated alkanes) is 1. The highest BCUT2D eigenvalue weighted by molar-refractivity contribution is 5.85. The van der Waals surface area contributed by atoms with Gasteiger partial charge in [-0.2, -0.15) is 0 Å². The van der Waals surface area contributed by atoms with Gasteiger partial charge in [0.25, 0.3) is 0 Å². The fraction of sp³-hybridized carbons (Fsp3) is 0.714. The molecular weight excluding hydrogens is 146 g/mol. The summed E-state index contributed by atoms with van der Waals surface area (Å²) in [6.45, 7) is 2.47. The van der Waals surface area contributed by atoms with Crippen LogP contribution >= 0.6 is 0 Å². The van der Waals surface area contributed by atoms with Crippen molar-refractivity contribution in [2.75, 3.05) is 6.61 Å². The molecule has 0 rings (SSSR count). The van der Waals surface area contributed by atoms with E-state index in [0.717, 1.165) is 19.1 Å². The number of oxime groups is 1. The zero-order valence-corrected chi connectivity index (χ0v) is 6.62. The summed E-state index contributed by atoms with van der Waals surface area (Å²) in [5, 5.41) is 10.6. The summed E-state index contributed by atoms with van der Waals surface area (Å²) in [6, 6.07) is 0. The molecule has 0 saturated carbocycles. The lowest BCUT2D eigenvalue weighted by atomic mass is 10.4. The minimum Gasteiger partial charge on any atom is -0.465 e. The van der Waals surface area contributed by atoms with E-state index in [9.17, 15) is 4.79 Å². The van der Waals surface area contributed by atoms with Gasteiger partial charge in [0, 0.05) is 0 Å². The predicted octanol–water partition coefficient (Wildman–Crippen LogP) is 1.18. The number of hydrogen-bond donors (Lipinski definition) is 1. The lowest BCUT2D eigenvalue weighted by Crippen LogP contribution is -2.05. The molecule has 64 valence electrons. The molecule has 11 heavy (non-hydrogen) atoms. The number of ether oxygens (including phenoxy) is 1. The molecule has 4 nitrogen and oxygen atoms in total. The molecule has 0 aliphatic rings. The Bertz CT molecular complexity index is 134. The van der Waals surface area contributed by atoms with Crippen LogP contribution in [0.1, 0.15) is 26.2 Å². The van der Waals surface area contributed by atoms with E-state index in [4.69, 9.17) is 9.94 Å². The van der Waals surface area contributed by atoms with Gasteiger partial charge in [0.05, 0.1) is 19.2 Å². The first-order chi connectivity index (χ1) is 5.31. The SMILES string of the molecule is CCCCOC(=O)CC=NO. The van der Waals surface area contributed by atoms with Crippen molar-refractivity contribution in [3.63, 3.8) is 0 Å². The average Bonchev–Trinajstić information content (AvgIpc) is 2.01. The van der Waals surface area contributed by atoms with Crippen LogP contribution in [0.4, 0.5) is 0 Å². The van der Waals surface area contributed by atoms with Crippen LogP contribution in [-0.4, -0.2) is 24.0 Å². The van der Waals surface area contributed by atoms with Crippen LogP contribution in [0, 0.1) is 0 Å². The molecule has 0 amide bonds. The Kier molecular flexibility index (Phi) is 6.37. The highest BCUT2D eigenvalue weighted by atomic mass is 16.5. The Morgan fingerprint density at radius 1 is 1.73 bits per heavy atom. The molecule has 1 N–H and O–H groups in total. The molecule has 0 aromatic heterocycles. The number of hydrogen-bond acceptors (Lipinski definition) is 4. The summed E-state index contributed by atoms with van der Waals surface area (Å²) >= 11 is 0. The molecule has 0 fully saturated rings. The molecule has 0 heterocycles. The zero-order valence-electron chi connectivity index (χ0n) is 6.62. The zero-order chi connectivity index (χ0) is 8.53. The predicted molar refractivity (Wildman–Crippen MR) is 40.8 cm³/mol. The van der Waals surface area contributed by atoms with Crippen LogP contribution in [0.3, 0.4) is 0 Å². The standard InChI is InChI=1S/C7H13NO3/c1-2-3-6-11-7(9)4-5-8-10/h5,10H,2-4,6H2,1H3. The lowest BCUT2D eigenvalue weighted by molar-refractivity contribution is -0.142. The van der Waals surface area contributed by atoms with E-state index >= 15 is 0 Å². The van der Waals surface area contributed by atoms with Gasteiger partial charge < -0.3 is 9.94 Å². The monoisotopic (exact) mass is 159 g/mol. The van der Waals surface area contributed by atoms with Crippen molar-refractivity contribution < 1.29 is 14.7 Å². The second-order valence-corrected chi connectivity index (χ2v) is 2.08. The van der Waals surface area contributed by atoms with Crippen molar-refractivity contribution in [3.8, 4) is 0 Å². The Hall–Kier alpha value is -1.06. The Morgan fingerprint density at radius 2 is 2.45 bits per heavy atom. The lowest BCUT2D eigenvalue weighted by Gasteiger charge is -1.99. The second kappa shape index (κ2) is 7.05. The maximum atomic E-state index is 10.7. The van der Waals surface area contributed by atoms with Crippen molar-refractivity contribution in [2.45, 2.75) is 26.2 Å². The van der Waals surface area contributed by atoms with Gasteiger partial charge in [-0.05, 0) is 6.42 Å². The van der Waals surface area contributed by atoms with E-state index in [2.05, 4.69) is 5.16 Å². The highest BCUT2D eigenvalue weighted by Gasteiger charge is 1.98. The van der Waals surface area contributed by atoms with Crippen molar-refractivity contribution in [1.82, 2.24) is 0 Å². The third-order valence-electron chi connectivity index (χ3n) is 1.10. The first-order valence-corrected chi connectivity index (χ1v) is 3.62. The molecular formula is C7H13NO3. The Balaban J connectivity index is 3.23. The van der Waals surface area contributed by atoms with Crippen LogP contribution in [0.15, 0.2) is 5.16 Å². The third kappa shape index (κ3) is 6.83. The molecule has 0 radical (unpaired) electrons. The quantitative estimate of drug-likeness (QED) is 0.215. The summed E-state index contributed by atoms with van der Waals surface area (Å²) in [7, 11) is 0. The fourth-order valence-corrected chi connectivity index (χ4v) is 0.505. The maximum Gasteiger partial charge on any atom is 0.311 e. The Morgan fingerprint density at radius 3 is 3.00 bits per heavy atom. The minimum atomic E-state index is -0.351. The molecule has 0 spiro atoms. The molecule has 0 aliphatic heterocycles. The molecule has 0 aliphatic carbocycles. The van der Waals surface area contributed by atoms with Crippen molar-refractivity contribution in [3.05, 3.63) is 0 Å². The van der Waals surface area contributed by atoms with Gasteiger partial charge in [-0.1, -0.05) is 13.3 Å². The van der Waals surface area contributed by atoms with Crippen LogP contribution in [0.5, 0.6) is 0 Å². The number of carbonyl (C=O) groups excluding carboxylic acids is 1. The molecule has 0 aromatic carbocycles. The van der Waals surface area contributed by atoms with Crippen LogP contribution in [0.2, 0.25) is 0 Å². The van der Waals surface area contributed by atoms with Gasteiger partial charge in [0.2, 0.25) is 0 Å². The van der Waals surface area contributed by atoms with Gasteiger partial charge in [-0.3, -0.25) is 4.79 Å². The molecule has 0 unspecified atom stereocenters. The van der Waals surface area contributed by atoms with Crippen LogP contribution in [0.25, 0.3) is 0 Å². The average molecular weight is 159 g/mol. The van der Waals surface area contributed by atoms with Crippen molar-refractivity contribution in [2.24, 2.45) is 5.16 Å². The molecule has 0 atom stereocenters. The van der Waals surface area contributed by atoms with E-state index in [1.807, 2.05) is 6.92 Å². The first kappa shape index (κ1) is 9.94. The van der Waals surface area contributed by atoms with Crippen molar-refractivity contribution >= 4 is 12.2 Å². The first-order valence-electron chi connectivity index (χ1n) is 3.62. The minimum absolute atomic E-state index is 0.0419. The number of nitrogens with zero attached hydrogens (tertiary/aromatic N) is 1. The van der Waals surface area contributed by atoms with E-state index in [-0.39, 0.29) is 12.4 Å². The summed E-state index contributed by atoms with van der Waals surface area (Å²) in [5.74, 6) is -0.351. The number of rotatable bonds is 5. The summed E-state index contributed by atoms with van der Waals surface area (Å²) in [4.78, 5) is 10.7. The van der Waals surface area contributed by atoms with E-state index in [1.165, 1.54) is 0 Å². The smallest absolute Gasteiger partial charge is 0.311 e. The molecule has 0 saturated heterocycles. The van der Waals surface area contributed by atoms with E-state index < -0.39 is 0 Å². The van der Waals surface area contributed by atoms with Crippen LogP contribution in [-0.2, 0) is 9.53 Å². The third-order valence-corrected chi connectivity index (χ3v) is 1.10. The van der Waals surface area contributed by atoms with Gasteiger partial charge >= 0.3 is 5.97 Å². The summed E-state index contributed by atoms with van der Waals surface area (Å²) < 4.78 is 4.74. The van der Waals surface area contributed by atoms with Gasteiger partial charge in [0.1, 0.15) is 0 Å².